The van der Waals surface area contributed by atoms with Gasteiger partial charge in [-0.1, -0.05) is 5.67 Å². The molecule has 0 saturated heterocycles. The Morgan fingerprint density at radius 3 is 1.45 bits per heavy atom. The van der Waals surface area contributed by atoms with E-state index in [0.29, 0.717) is 0 Å². The van der Waals surface area contributed by atoms with Gasteiger partial charge in [-0.25, -0.2) is 0 Å². The zero-order valence-corrected chi connectivity index (χ0v) is 10.0. The van der Waals surface area contributed by atoms with E-state index >= 15 is 0 Å². The monoisotopic (exact) mass is 186 g/mol. The standard InChI is InChI=1S/C7H18N2Si2/c1-8(2)5-10-7-11-6-9(3)4/h5-7H2,1-4H3. The predicted molar refractivity (Wildman–Crippen MR) is 53.4 cm³/mol. The van der Waals surface area contributed by atoms with Crippen LogP contribution in [-0.2, 0) is 0 Å². The zero-order chi connectivity index (χ0) is 8.69. The SMILES string of the molecule is CN(C)C[Si]C[Si]CN(C)C. The van der Waals surface area contributed by atoms with Crippen molar-refractivity contribution in [2.24, 2.45) is 0 Å². The van der Waals surface area contributed by atoms with Gasteiger partial charge >= 0.3 is 0 Å². The highest BCUT2D eigenvalue weighted by atomic mass is 28.3. The zero-order valence-electron chi connectivity index (χ0n) is 8.02. The minimum Gasteiger partial charge on any atom is -0.313 e. The van der Waals surface area contributed by atoms with Crippen molar-refractivity contribution in [1.29, 1.82) is 0 Å². The van der Waals surface area contributed by atoms with Crippen LogP contribution in [0.4, 0.5) is 0 Å². The maximum absolute atomic E-state index is 2.26. The Bertz CT molecular complexity index is 76.5. The van der Waals surface area contributed by atoms with Gasteiger partial charge in [0, 0.05) is 0 Å². The lowest BCUT2D eigenvalue weighted by Crippen LogP contribution is -2.24. The van der Waals surface area contributed by atoms with Crippen LogP contribution in [0, 0.1) is 0 Å². The Kier molecular flexibility index (Phi) is 7.25. The summed E-state index contributed by atoms with van der Waals surface area (Å²) in [7, 11) is 10.8. The van der Waals surface area contributed by atoms with Crippen LogP contribution in [0.2, 0.25) is 5.67 Å². The van der Waals surface area contributed by atoms with Crippen LogP contribution in [0.1, 0.15) is 0 Å². The minimum atomic E-state index is 1.12. The molecule has 4 heteroatoms. The van der Waals surface area contributed by atoms with Crippen LogP contribution in [-0.4, -0.2) is 69.4 Å². The van der Waals surface area contributed by atoms with Gasteiger partial charge < -0.3 is 9.80 Å². The molecule has 4 radical (unpaired) electrons. The van der Waals surface area contributed by atoms with Crippen molar-refractivity contribution >= 4 is 19.0 Å². The van der Waals surface area contributed by atoms with Gasteiger partial charge in [-0.3, -0.25) is 0 Å². The third-order valence-corrected chi connectivity index (χ3v) is 4.82. The van der Waals surface area contributed by atoms with Gasteiger partial charge in [-0.05, 0) is 40.5 Å². The summed E-state index contributed by atoms with van der Waals surface area (Å²) in [4.78, 5) is 4.52. The van der Waals surface area contributed by atoms with Crippen LogP contribution in [0.5, 0.6) is 0 Å². The topological polar surface area (TPSA) is 6.48 Å². The Morgan fingerprint density at radius 1 is 0.818 bits per heavy atom. The van der Waals surface area contributed by atoms with Crippen molar-refractivity contribution in [3.8, 4) is 0 Å². The van der Waals surface area contributed by atoms with Crippen LogP contribution in [0.15, 0.2) is 0 Å². The maximum Gasteiger partial charge on any atom is 0.0533 e. The van der Waals surface area contributed by atoms with Crippen LogP contribution >= 0.6 is 0 Å². The highest BCUT2D eigenvalue weighted by Crippen LogP contribution is 1.80. The molecule has 0 aliphatic rings. The molecule has 0 atom stereocenters. The van der Waals surface area contributed by atoms with Crippen molar-refractivity contribution in [3.05, 3.63) is 0 Å². The smallest absolute Gasteiger partial charge is 0.0533 e. The molecule has 0 aliphatic heterocycles. The number of hydrogen-bond donors (Lipinski definition) is 0. The average Bonchev–Trinajstić information content (AvgIpc) is 1.85. The number of rotatable bonds is 6. The fourth-order valence-electron chi connectivity index (χ4n) is 0.647. The van der Waals surface area contributed by atoms with E-state index in [0.717, 1.165) is 19.0 Å². The van der Waals surface area contributed by atoms with Gasteiger partial charge in [0.05, 0.1) is 19.0 Å². The van der Waals surface area contributed by atoms with Crippen molar-refractivity contribution < 1.29 is 0 Å². The van der Waals surface area contributed by atoms with Gasteiger partial charge in [0.2, 0.25) is 0 Å². The molecule has 0 unspecified atom stereocenters. The largest absolute Gasteiger partial charge is 0.313 e. The van der Waals surface area contributed by atoms with Gasteiger partial charge in [-0.2, -0.15) is 0 Å². The van der Waals surface area contributed by atoms with E-state index in [-0.39, 0.29) is 0 Å². The average molecular weight is 186 g/mol. The molecule has 2 nitrogen and oxygen atoms in total. The van der Waals surface area contributed by atoms with Gasteiger partial charge in [0.25, 0.3) is 0 Å². The van der Waals surface area contributed by atoms with Crippen molar-refractivity contribution in [3.63, 3.8) is 0 Å². The van der Waals surface area contributed by atoms with Gasteiger partial charge in [0.1, 0.15) is 0 Å². The highest BCUT2D eigenvalue weighted by molar-refractivity contribution is 6.56. The lowest BCUT2D eigenvalue weighted by molar-refractivity contribution is 0.475. The molecular formula is C7H18N2Si2. The summed E-state index contributed by atoms with van der Waals surface area (Å²) < 4.78 is 0. The molecule has 11 heavy (non-hydrogen) atoms. The molecule has 0 aromatic carbocycles. The molecule has 0 fully saturated rings. The predicted octanol–water partition coefficient (Wildman–Crippen LogP) is -0.191. The van der Waals surface area contributed by atoms with Crippen LogP contribution in [0.25, 0.3) is 0 Å². The second-order valence-electron chi connectivity index (χ2n) is 3.15. The fraction of sp³-hybridized carbons (Fsp3) is 1.00. The van der Waals surface area contributed by atoms with E-state index in [9.17, 15) is 0 Å². The van der Waals surface area contributed by atoms with E-state index < -0.39 is 0 Å². The molecule has 0 saturated carbocycles. The quantitative estimate of drug-likeness (QED) is 0.419. The molecule has 0 bridgehead atoms. The fourth-order valence-corrected chi connectivity index (χ4v) is 3.14. The van der Waals surface area contributed by atoms with Crippen molar-refractivity contribution in [2.75, 3.05) is 40.5 Å². The second kappa shape index (κ2) is 7.03. The Morgan fingerprint density at radius 2 is 1.18 bits per heavy atom. The number of nitrogens with zero attached hydrogens (tertiary/aromatic N) is 2. The molecule has 64 valence electrons. The lowest BCUT2D eigenvalue weighted by Gasteiger charge is -2.09. The van der Waals surface area contributed by atoms with E-state index in [1.807, 2.05) is 0 Å². The van der Waals surface area contributed by atoms with E-state index in [1.165, 1.54) is 18.0 Å². The van der Waals surface area contributed by atoms with E-state index in [1.54, 1.807) is 0 Å². The first-order valence-corrected chi connectivity index (χ1v) is 6.66. The Balaban J connectivity index is 2.91. The summed E-state index contributed by atoms with van der Waals surface area (Å²) in [6, 6.07) is 0. The van der Waals surface area contributed by atoms with Crippen LogP contribution in [0.3, 0.4) is 0 Å². The third kappa shape index (κ3) is 10.4. The summed E-state index contributed by atoms with van der Waals surface area (Å²) in [5.41, 5.74) is 1.41. The van der Waals surface area contributed by atoms with E-state index in [2.05, 4.69) is 38.0 Å². The summed E-state index contributed by atoms with van der Waals surface area (Å²) in [6.45, 7) is 0. The highest BCUT2D eigenvalue weighted by Gasteiger charge is 1.94. The van der Waals surface area contributed by atoms with E-state index in [4.69, 9.17) is 0 Å². The van der Waals surface area contributed by atoms with Gasteiger partial charge in [0.15, 0.2) is 0 Å². The lowest BCUT2D eigenvalue weighted by atomic mass is 11.0. The molecular weight excluding hydrogens is 168 g/mol. The Hall–Kier alpha value is 0.354. The first kappa shape index (κ1) is 11.4. The molecule has 0 aliphatic carbocycles. The maximum atomic E-state index is 2.26. The first-order valence-electron chi connectivity index (χ1n) is 3.84. The summed E-state index contributed by atoms with van der Waals surface area (Å²) in [5, 5.41) is 0. The molecule has 0 spiro atoms. The second-order valence-corrected chi connectivity index (χ2v) is 6.20. The molecule has 0 heterocycles. The summed E-state index contributed by atoms with van der Waals surface area (Å²) in [6.07, 6.45) is 2.53. The molecule has 0 aromatic rings. The van der Waals surface area contributed by atoms with Crippen LogP contribution < -0.4 is 0 Å². The third-order valence-electron chi connectivity index (χ3n) is 1.11. The first-order chi connectivity index (χ1) is 5.13. The normalized spacial score (nSPS) is 11.5. The molecule has 0 rings (SSSR count). The summed E-state index contributed by atoms with van der Waals surface area (Å²) >= 11 is 0. The molecule has 0 aromatic heterocycles. The molecule has 0 amide bonds. The molecule has 0 N–H and O–H groups in total. The van der Waals surface area contributed by atoms with Crippen molar-refractivity contribution in [1.82, 2.24) is 9.80 Å². The minimum absolute atomic E-state index is 1.12. The number of hydrogen-bond acceptors (Lipinski definition) is 2. The van der Waals surface area contributed by atoms with Crippen molar-refractivity contribution in [2.45, 2.75) is 5.67 Å². The van der Waals surface area contributed by atoms with Gasteiger partial charge in [-0.15, -0.1) is 0 Å². The summed E-state index contributed by atoms with van der Waals surface area (Å²) in [5.74, 6) is 0. The Labute approximate surface area is 75.6 Å².